The lowest BCUT2D eigenvalue weighted by molar-refractivity contribution is 0.00578. The van der Waals surface area contributed by atoms with Crippen LogP contribution in [0, 0.1) is 6.92 Å². The van der Waals surface area contributed by atoms with Crippen molar-refractivity contribution < 1.29 is 18.8 Å². The van der Waals surface area contributed by atoms with Gasteiger partial charge in [0.1, 0.15) is 0 Å². The molecule has 0 N–H and O–H groups in total. The van der Waals surface area contributed by atoms with Gasteiger partial charge in [-0.15, -0.1) is 0 Å². The number of ether oxygens (including phenoxy) is 1. The second-order valence-corrected chi connectivity index (χ2v) is 8.29. The number of aryl methyl sites for hydroxylation is 1. The Morgan fingerprint density at radius 3 is 2.45 bits per heavy atom. The van der Waals surface area contributed by atoms with Crippen LogP contribution in [0.1, 0.15) is 43.7 Å². The van der Waals surface area contributed by atoms with Crippen LogP contribution in [-0.4, -0.2) is 46.2 Å². The largest absolute Gasteiger partial charge is 0.494 e. The molecule has 0 bridgehead atoms. The molecule has 0 saturated carbocycles. The highest BCUT2D eigenvalue weighted by molar-refractivity contribution is 6.62. The molecule has 8 heteroatoms. The van der Waals surface area contributed by atoms with Crippen molar-refractivity contribution in [3.8, 4) is 5.82 Å². The summed E-state index contributed by atoms with van der Waals surface area (Å²) in [6, 6.07) is 9.35. The van der Waals surface area contributed by atoms with E-state index in [0.717, 1.165) is 11.2 Å². The molecule has 0 unspecified atom stereocenters. The van der Waals surface area contributed by atoms with Gasteiger partial charge in [0.25, 0.3) is 0 Å². The van der Waals surface area contributed by atoms with Gasteiger partial charge >= 0.3 is 13.1 Å². The third-order valence-electron chi connectivity index (χ3n) is 5.69. The third kappa shape index (κ3) is 3.32. The van der Waals surface area contributed by atoms with Crippen LogP contribution < -0.4 is 5.46 Å². The second-order valence-electron chi connectivity index (χ2n) is 8.29. The van der Waals surface area contributed by atoms with E-state index in [1.165, 1.54) is 7.11 Å². The molecule has 7 nitrogen and oxygen atoms in total. The van der Waals surface area contributed by atoms with Gasteiger partial charge in [-0.2, -0.15) is 5.10 Å². The number of pyridine rings is 1. The lowest BCUT2D eigenvalue weighted by Gasteiger charge is -2.32. The van der Waals surface area contributed by atoms with Crippen molar-refractivity contribution in [2.75, 3.05) is 7.11 Å². The molecule has 0 radical (unpaired) electrons. The number of carbonyl (C=O) groups is 1. The van der Waals surface area contributed by atoms with E-state index in [1.54, 1.807) is 16.9 Å². The summed E-state index contributed by atoms with van der Waals surface area (Å²) >= 11 is 0. The Morgan fingerprint density at radius 1 is 1.14 bits per heavy atom. The summed E-state index contributed by atoms with van der Waals surface area (Å²) in [7, 11) is 0.761. The molecule has 3 aromatic rings. The van der Waals surface area contributed by atoms with E-state index in [0.29, 0.717) is 22.3 Å². The standard InChI is InChI=1S/C21H24BN3O4/c1-13-8-7-9-18(23-13)25-12-16-15(19(26)27-6)10-14(11-17(16)24-25)22-28-20(2,3)21(4,5)29-22/h7-12H,1-6H3. The smallest absolute Gasteiger partial charge is 0.465 e. The van der Waals surface area contributed by atoms with Crippen LogP contribution in [0.4, 0.5) is 0 Å². The zero-order valence-electron chi connectivity index (χ0n) is 17.5. The maximum atomic E-state index is 12.5. The highest BCUT2D eigenvalue weighted by Crippen LogP contribution is 2.36. The number of esters is 1. The minimum absolute atomic E-state index is 0.411. The van der Waals surface area contributed by atoms with Crippen molar-refractivity contribution in [3.63, 3.8) is 0 Å². The summed E-state index contributed by atoms with van der Waals surface area (Å²) in [4.78, 5) is 17.0. The Balaban J connectivity index is 1.85. The molecule has 1 aliphatic rings. The molecule has 150 valence electrons. The molecule has 29 heavy (non-hydrogen) atoms. The van der Waals surface area contributed by atoms with E-state index in [4.69, 9.17) is 14.0 Å². The fraction of sp³-hybridized carbons (Fsp3) is 0.381. The minimum Gasteiger partial charge on any atom is -0.465 e. The van der Waals surface area contributed by atoms with Gasteiger partial charge in [-0.25, -0.2) is 14.5 Å². The molecule has 1 fully saturated rings. The summed E-state index contributed by atoms with van der Waals surface area (Å²) in [6.07, 6.45) is 1.79. The first-order valence-electron chi connectivity index (χ1n) is 9.52. The summed E-state index contributed by atoms with van der Waals surface area (Å²) in [5.74, 6) is 0.235. The predicted molar refractivity (Wildman–Crippen MR) is 111 cm³/mol. The summed E-state index contributed by atoms with van der Waals surface area (Å²) in [6.45, 7) is 9.88. The molecule has 3 heterocycles. The summed E-state index contributed by atoms with van der Waals surface area (Å²) in [5, 5.41) is 5.32. The van der Waals surface area contributed by atoms with Crippen LogP contribution in [0.3, 0.4) is 0 Å². The summed E-state index contributed by atoms with van der Waals surface area (Å²) in [5.41, 5.74) is 1.69. The molecule has 4 rings (SSSR count). The Morgan fingerprint density at radius 2 is 1.83 bits per heavy atom. The van der Waals surface area contributed by atoms with Gasteiger partial charge < -0.3 is 14.0 Å². The van der Waals surface area contributed by atoms with Crippen molar-refractivity contribution in [2.45, 2.75) is 45.8 Å². The van der Waals surface area contributed by atoms with Gasteiger partial charge in [0.05, 0.1) is 29.4 Å². The lowest BCUT2D eigenvalue weighted by atomic mass is 9.78. The number of hydrogen-bond acceptors (Lipinski definition) is 6. The van der Waals surface area contributed by atoms with E-state index < -0.39 is 24.3 Å². The van der Waals surface area contributed by atoms with E-state index in [9.17, 15) is 4.79 Å². The van der Waals surface area contributed by atoms with Gasteiger partial charge in [0, 0.05) is 17.3 Å². The van der Waals surface area contributed by atoms with Crippen LogP contribution in [-0.2, 0) is 14.0 Å². The fourth-order valence-electron chi connectivity index (χ4n) is 3.31. The van der Waals surface area contributed by atoms with Gasteiger partial charge in [-0.3, -0.25) is 0 Å². The number of benzene rings is 1. The molecule has 0 aliphatic carbocycles. The molecule has 2 aromatic heterocycles. The first-order valence-corrected chi connectivity index (χ1v) is 9.52. The molecule has 0 spiro atoms. The van der Waals surface area contributed by atoms with Gasteiger partial charge in [0.2, 0.25) is 0 Å². The maximum absolute atomic E-state index is 12.5. The van der Waals surface area contributed by atoms with Crippen molar-refractivity contribution in [3.05, 3.63) is 47.8 Å². The maximum Gasteiger partial charge on any atom is 0.494 e. The molecular formula is C21H24BN3O4. The quantitative estimate of drug-likeness (QED) is 0.503. The molecule has 0 amide bonds. The Hall–Kier alpha value is -2.71. The van der Waals surface area contributed by atoms with Crippen LogP contribution in [0.15, 0.2) is 36.5 Å². The molecule has 0 atom stereocenters. The molecule has 1 saturated heterocycles. The predicted octanol–water partition coefficient (Wildman–Crippen LogP) is 2.81. The SMILES string of the molecule is COC(=O)c1cc(B2OC(C)(C)C(C)(C)O2)cc2nn(-c3cccc(C)n3)cc12. The van der Waals surface area contributed by atoms with Gasteiger partial charge in [-0.05, 0) is 64.3 Å². The number of methoxy groups -OCH3 is 1. The number of aromatic nitrogens is 3. The number of hydrogen-bond donors (Lipinski definition) is 0. The Labute approximate surface area is 170 Å². The summed E-state index contributed by atoms with van der Waals surface area (Å²) < 4.78 is 19.0. The normalized spacial score (nSPS) is 17.7. The number of fused-ring (bicyclic) bond motifs is 1. The zero-order chi connectivity index (χ0) is 21.0. The highest BCUT2D eigenvalue weighted by Gasteiger charge is 2.52. The van der Waals surface area contributed by atoms with Gasteiger partial charge in [-0.1, -0.05) is 6.07 Å². The topological polar surface area (TPSA) is 75.5 Å². The number of rotatable bonds is 3. The molecular weight excluding hydrogens is 369 g/mol. The number of carbonyl (C=O) groups excluding carboxylic acids is 1. The monoisotopic (exact) mass is 393 g/mol. The first kappa shape index (κ1) is 19.6. The van der Waals surface area contributed by atoms with E-state index >= 15 is 0 Å². The van der Waals surface area contributed by atoms with Crippen LogP contribution in [0.25, 0.3) is 16.7 Å². The van der Waals surface area contributed by atoms with Crippen molar-refractivity contribution in [2.24, 2.45) is 0 Å². The Kier molecular flexibility index (Phi) is 4.51. The van der Waals surface area contributed by atoms with Gasteiger partial charge in [0.15, 0.2) is 5.82 Å². The average molecular weight is 393 g/mol. The van der Waals surface area contributed by atoms with Crippen LogP contribution >= 0.6 is 0 Å². The second kappa shape index (κ2) is 6.67. The first-order chi connectivity index (χ1) is 13.6. The average Bonchev–Trinajstić information content (AvgIpc) is 3.18. The van der Waals surface area contributed by atoms with Crippen molar-refractivity contribution >= 4 is 29.5 Å². The van der Waals surface area contributed by atoms with E-state index in [1.807, 2.05) is 58.9 Å². The third-order valence-corrected chi connectivity index (χ3v) is 5.69. The fourth-order valence-corrected chi connectivity index (χ4v) is 3.31. The van der Waals surface area contributed by atoms with Crippen LogP contribution in [0.5, 0.6) is 0 Å². The molecule has 1 aliphatic heterocycles. The number of nitrogens with zero attached hydrogens (tertiary/aromatic N) is 3. The van der Waals surface area contributed by atoms with E-state index in [2.05, 4.69) is 10.1 Å². The van der Waals surface area contributed by atoms with Crippen molar-refractivity contribution in [1.82, 2.24) is 14.8 Å². The lowest BCUT2D eigenvalue weighted by Crippen LogP contribution is -2.41. The zero-order valence-corrected chi connectivity index (χ0v) is 17.5. The van der Waals surface area contributed by atoms with Crippen LogP contribution in [0.2, 0.25) is 0 Å². The highest BCUT2D eigenvalue weighted by atomic mass is 16.7. The van der Waals surface area contributed by atoms with Crippen molar-refractivity contribution in [1.29, 1.82) is 0 Å². The molecule has 1 aromatic carbocycles. The minimum atomic E-state index is -0.602. The Bertz CT molecular complexity index is 1090. The van der Waals surface area contributed by atoms with E-state index in [-0.39, 0.29) is 0 Å².